The topological polar surface area (TPSA) is 94.2 Å². The minimum absolute atomic E-state index is 0.225. The van der Waals surface area contributed by atoms with Crippen LogP contribution in [0.15, 0.2) is 36.4 Å². The second-order valence-electron chi connectivity index (χ2n) is 6.42. The summed E-state index contributed by atoms with van der Waals surface area (Å²) in [7, 11) is 4.59. The Morgan fingerprint density at radius 1 is 0.931 bits per heavy atom. The Bertz CT molecular complexity index is 934. The molecule has 2 aromatic carbocycles. The summed E-state index contributed by atoms with van der Waals surface area (Å²) in [5, 5.41) is 2.75. The van der Waals surface area contributed by atoms with Crippen molar-refractivity contribution in [2.45, 2.75) is 6.42 Å². The molecule has 3 amide bonds. The first-order valence-electron chi connectivity index (χ1n) is 9.02. The van der Waals surface area contributed by atoms with Crippen molar-refractivity contribution in [2.75, 3.05) is 39.8 Å². The SMILES string of the molecule is COCCCN1C(=O)c2ccc(C(=O)Nc3cc(OC)cc(OC)c3)cc2C1=O. The second-order valence-corrected chi connectivity index (χ2v) is 6.42. The number of fused-ring (bicyclic) bond motifs is 1. The number of imide groups is 1. The average molecular weight is 398 g/mol. The third-order valence-electron chi connectivity index (χ3n) is 4.57. The van der Waals surface area contributed by atoms with Gasteiger partial charge in [0.05, 0.1) is 25.3 Å². The van der Waals surface area contributed by atoms with Crippen LogP contribution in [0.5, 0.6) is 11.5 Å². The molecule has 0 saturated carbocycles. The fourth-order valence-electron chi connectivity index (χ4n) is 3.08. The maximum atomic E-state index is 12.7. The third kappa shape index (κ3) is 4.22. The van der Waals surface area contributed by atoms with E-state index < -0.39 is 11.8 Å². The molecule has 1 N–H and O–H groups in total. The van der Waals surface area contributed by atoms with Crippen LogP contribution >= 0.6 is 0 Å². The van der Waals surface area contributed by atoms with Gasteiger partial charge in [0.2, 0.25) is 0 Å². The first kappa shape index (κ1) is 20.3. The number of benzene rings is 2. The van der Waals surface area contributed by atoms with Crippen LogP contribution in [0.4, 0.5) is 5.69 Å². The van der Waals surface area contributed by atoms with Crippen LogP contribution in [-0.2, 0) is 4.74 Å². The van der Waals surface area contributed by atoms with Crippen molar-refractivity contribution >= 4 is 23.4 Å². The van der Waals surface area contributed by atoms with Crippen LogP contribution < -0.4 is 14.8 Å². The van der Waals surface area contributed by atoms with Crippen molar-refractivity contribution in [1.82, 2.24) is 4.90 Å². The number of nitrogens with one attached hydrogen (secondary N) is 1. The lowest BCUT2D eigenvalue weighted by atomic mass is 10.1. The number of carbonyl (C=O) groups is 3. The van der Waals surface area contributed by atoms with E-state index >= 15 is 0 Å². The normalized spacial score (nSPS) is 12.7. The summed E-state index contributed by atoms with van der Waals surface area (Å²) >= 11 is 0. The highest BCUT2D eigenvalue weighted by atomic mass is 16.5. The van der Waals surface area contributed by atoms with Crippen molar-refractivity contribution in [3.05, 3.63) is 53.1 Å². The molecule has 1 aliphatic heterocycles. The number of anilines is 1. The quantitative estimate of drug-likeness (QED) is 0.543. The van der Waals surface area contributed by atoms with E-state index in [0.717, 1.165) is 0 Å². The number of rotatable bonds is 8. The first-order chi connectivity index (χ1) is 14.0. The molecule has 0 aromatic heterocycles. The highest BCUT2D eigenvalue weighted by Crippen LogP contribution is 2.27. The van der Waals surface area contributed by atoms with E-state index in [2.05, 4.69) is 5.32 Å². The predicted octanol–water partition coefficient (Wildman–Crippen LogP) is 2.59. The zero-order valence-electron chi connectivity index (χ0n) is 16.5. The summed E-state index contributed by atoms with van der Waals surface area (Å²) < 4.78 is 15.4. The zero-order chi connectivity index (χ0) is 21.0. The molecule has 0 bridgehead atoms. The van der Waals surface area contributed by atoms with Crippen molar-refractivity contribution in [3.8, 4) is 11.5 Å². The van der Waals surface area contributed by atoms with E-state index in [-0.39, 0.29) is 23.6 Å². The number of hydrogen-bond donors (Lipinski definition) is 1. The van der Waals surface area contributed by atoms with Gasteiger partial charge in [-0.15, -0.1) is 0 Å². The molecule has 8 nitrogen and oxygen atoms in total. The number of nitrogens with zero attached hydrogens (tertiary/aromatic N) is 1. The highest BCUT2D eigenvalue weighted by Gasteiger charge is 2.35. The van der Waals surface area contributed by atoms with Gasteiger partial charge in [0.15, 0.2) is 0 Å². The molecule has 0 fully saturated rings. The monoisotopic (exact) mass is 398 g/mol. The molecule has 152 valence electrons. The van der Waals surface area contributed by atoms with Gasteiger partial charge in [-0.3, -0.25) is 19.3 Å². The molecule has 0 aliphatic carbocycles. The van der Waals surface area contributed by atoms with Gasteiger partial charge in [0.1, 0.15) is 11.5 Å². The summed E-state index contributed by atoms with van der Waals surface area (Å²) in [5.41, 5.74) is 1.27. The number of amides is 3. The van der Waals surface area contributed by atoms with Crippen molar-refractivity contribution in [3.63, 3.8) is 0 Å². The van der Waals surface area contributed by atoms with Crippen molar-refractivity contribution in [1.29, 1.82) is 0 Å². The van der Waals surface area contributed by atoms with Crippen LogP contribution in [-0.4, -0.2) is 57.1 Å². The lowest BCUT2D eigenvalue weighted by Gasteiger charge is -2.12. The minimum Gasteiger partial charge on any atom is -0.497 e. The molecule has 0 atom stereocenters. The molecule has 1 aliphatic rings. The molecule has 1 heterocycles. The van der Waals surface area contributed by atoms with Crippen molar-refractivity contribution in [2.24, 2.45) is 0 Å². The third-order valence-corrected chi connectivity index (χ3v) is 4.57. The van der Waals surface area contributed by atoms with E-state index in [9.17, 15) is 14.4 Å². The Morgan fingerprint density at radius 2 is 1.59 bits per heavy atom. The lowest BCUT2D eigenvalue weighted by Crippen LogP contribution is -2.31. The van der Waals surface area contributed by atoms with Gasteiger partial charge in [-0.2, -0.15) is 0 Å². The van der Waals surface area contributed by atoms with E-state index in [0.29, 0.717) is 35.8 Å². The maximum absolute atomic E-state index is 12.7. The molecule has 2 aromatic rings. The standard InChI is InChI=1S/C21H22N2O6/c1-27-8-4-7-23-20(25)17-6-5-13(9-18(17)21(23)26)19(24)22-14-10-15(28-2)12-16(11-14)29-3/h5-6,9-12H,4,7-8H2,1-3H3,(H,22,24). The summed E-state index contributed by atoms with van der Waals surface area (Å²) in [6.07, 6.45) is 0.549. The van der Waals surface area contributed by atoms with Crippen LogP contribution in [0.3, 0.4) is 0 Å². The Hall–Kier alpha value is -3.39. The van der Waals surface area contributed by atoms with Gasteiger partial charge in [0.25, 0.3) is 17.7 Å². The Morgan fingerprint density at radius 3 is 2.21 bits per heavy atom. The summed E-state index contributed by atoms with van der Waals surface area (Å²) in [4.78, 5) is 38.9. The highest BCUT2D eigenvalue weighted by molar-refractivity contribution is 6.22. The molecule has 0 radical (unpaired) electrons. The van der Waals surface area contributed by atoms with Crippen LogP contribution in [0.2, 0.25) is 0 Å². The van der Waals surface area contributed by atoms with Gasteiger partial charge < -0.3 is 19.5 Å². The van der Waals surface area contributed by atoms with Gasteiger partial charge in [-0.25, -0.2) is 0 Å². The Balaban J connectivity index is 1.80. The molecule has 3 rings (SSSR count). The Labute approximate surface area is 168 Å². The zero-order valence-corrected chi connectivity index (χ0v) is 16.5. The largest absolute Gasteiger partial charge is 0.497 e. The fourth-order valence-corrected chi connectivity index (χ4v) is 3.08. The van der Waals surface area contributed by atoms with E-state index in [1.165, 1.54) is 37.3 Å². The van der Waals surface area contributed by atoms with E-state index in [1.54, 1.807) is 25.3 Å². The van der Waals surface area contributed by atoms with Crippen molar-refractivity contribution < 1.29 is 28.6 Å². The number of ether oxygens (including phenoxy) is 3. The van der Waals surface area contributed by atoms with Gasteiger partial charge in [-0.1, -0.05) is 0 Å². The molecular formula is C21H22N2O6. The molecule has 8 heteroatoms. The minimum atomic E-state index is -0.416. The second kappa shape index (κ2) is 8.74. The molecular weight excluding hydrogens is 376 g/mol. The van der Waals surface area contributed by atoms with Gasteiger partial charge >= 0.3 is 0 Å². The summed E-state index contributed by atoms with van der Waals surface area (Å²) in [6, 6.07) is 9.47. The molecule has 0 saturated heterocycles. The van der Waals surface area contributed by atoms with Crippen LogP contribution in [0, 0.1) is 0 Å². The van der Waals surface area contributed by atoms with Gasteiger partial charge in [-0.05, 0) is 24.6 Å². The lowest BCUT2D eigenvalue weighted by molar-refractivity contribution is 0.0638. The average Bonchev–Trinajstić information content (AvgIpc) is 2.97. The number of methoxy groups -OCH3 is 3. The molecule has 0 spiro atoms. The first-order valence-corrected chi connectivity index (χ1v) is 9.02. The van der Waals surface area contributed by atoms with Crippen LogP contribution in [0.1, 0.15) is 37.5 Å². The smallest absolute Gasteiger partial charge is 0.261 e. The van der Waals surface area contributed by atoms with Crippen LogP contribution in [0.25, 0.3) is 0 Å². The Kier molecular flexibility index (Phi) is 6.13. The van der Waals surface area contributed by atoms with E-state index in [4.69, 9.17) is 14.2 Å². The number of carbonyl (C=O) groups excluding carboxylic acids is 3. The van der Waals surface area contributed by atoms with E-state index in [1.807, 2.05) is 0 Å². The molecule has 29 heavy (non-hydrogen) atoms. The number of hydrogen-bond acceptors (Lipinski definition) is 6. The predicted molar refractivity (Wildman–Crippen MR) is 106 cm³/mol. The van der Waals surface area contributed by atoms with Gasteiger partial charge in [0, 0.05) is 49.7 Å². The molecule has 0 unspecified atom stereocenters. The summed E-state index contributed by atoms with van der Waals surface area (Å²) in [6.45, 7) is 0.719. The fraction of sp³-hybridized carbons (Fsp3) is 0.286. The maximum Gasteiger partial charge on any atom is 0.261 e. The summed E-state index contributed by atoms with van der Waals surface area (Å²) in [5.74, 6) is -0.118.